The minimum atomic E-state index is -1.82. The zero-order valence-electron chi connectivity index (χ0n) is 24.0. The van der Waals surface area contributed by atoms with Crippen molar-refractivity contribution >= 4 is 75.3 Å². The molecular weight excluding hydrogens is 650 g/mol. The number of carbonyl (C=O) groups excluding carboxylic acids is 4. The van der Waals surface area contributed by atoms with Crippen LogP contribution in [0.4, 0.5) is 10.8 Å². The summed E-state index contributed by atoms with van der Waals surface area (Å²) in [6, 6.07) is 2.37. The van der Waals surface area contributed by atoms with E-state index in [1.165, 1.54) is 31.4 Å². The van der Waals surface area contributed by atoms with Crippen LogP contribution in [0, 0.1) is 0 Å². The van der Waals surface area contributed by atoms with Crippen LogP contribution in [0.15, 0.2) is 40.0 Å². The summed E-state index contributed by atoms with van der Waals surface area (Å²) in [5.41, 5.74) is 8.16. The maximum Gasteiger partial charge on any atom is 0.352 e. The van der Waals surface area contributed by atoms with Crippen molar-refractivity contribution in [1.82, 2.24) is 15.2 Å². The molecule has 244 valence electrons. The predicted molar refractivity (Wildman–Crippen MR) is 162 cm³/mol. The molecule has 4 rings (SSSR count). The third-order valence-electron chi connectivity index (χ3n) is 6.47. The van der Waals surface area contributed by atoms with Gasteiger partial charge in [-0.2, -0.15) is 0 Å². The van der Waals surface area contributed by atoms with E-state index in [0.717, 1.165) is 34.1 Å². The lowest BCUT2D eigenvalue weighted by Crippen LogP contribution is -2.71. The van der Waals surface area contributed by atoms with Crippen LogP contribution in [0.5, 0.6) is 5.75 Å². The standard InChI is InChI=1S/C26H27N7O11S2/c1-26(2,24(41)42)44-32-16(13-9-46-25(28)30-13)19(36)31-17-20(37)33-18(22(38)39)11(8-45-21(17)33)7-43-23(40)10-3-4-12(14(34)5-10)29-15(35)6-27/h3-5,9,17,21,34H,6-8,27H2,1-2H3,(H2,28,30)(H,29,35)(H,31,36)(H,38,39)(H,41,42)/b32-16+. The Labute approximate surface area is 267 Å². The SMILES string of the molecule is CC(C)(O/N=C(/C(=O)NC1C(=O)N2C(C(=O)O)=C(COC(=O)c3ccc(NC(=O)CN)c(O)c3)CSC12)c1csc(N)n1)C(=O)O. The number of thiazole rings is 1. The number of carbonyl (C=O) groups is 6. The number of phenolic OH excluding ortho intramolecular Hbond substituents is 1. The first-order chi connectivity index (χ1) is 21.6. The summed E-state index contributed by atoms with van der Waals surface area (Å²) < 4.78 is 5.25. The van der Waals surface area contributed by atoms with Crippen LogP contribution in [-0.2, 0) is 33.5 Å². The topological polar surface area (TPSA) is 286 Å². The molecule has 1 aromatic carbocycles. The molecule has 46 heavy (non-hydrogen) atoms. The Morgan fingerprint density at radius 3 is 2.52 bits per heavy atom. The average Bonchev–Trinajstić information content (AvgIpc) is 3.44. The summed E-state index contributed by atoms with van der Waals surface area (Å²) in [4.78, 5) is 84.0. The molecule has 2 aliphatic heterocycles. The van der Waals surface area contributed by atoms with Crippen LogP contribution in [0.25, 0.3) is 0 Å². The lowest BCUT2D eigenvalue weighted by molar-refractivity contribution is -0.161. The number of hydrogen-bond donors (Lipinski definition) is 7. The van der Waals surface area contributed by atoms with Gasteiger partial charge in [-0.15, -0.1) is 23.1 Å². The van der Waals surface area contributed by atoms with Crippen LogP contribution in [0.1, 0.15) is 29.9 Å². The first-order valence-electron chi connectivity index (χ1n) is 13.1. The van der Waals surface area contributed by atoms with Gasteiger partial charge >= 0.3 is 17.9 Å². The molecule has 18 nitrogen and oxygen atoms in total. The maximum absolute atomic E-state index is 13.2. The number of nitrogens with one attached hydrogen (secondary N) is 2. The summed E-state index contributed by atoms with van der Waals surface area (Å²) in [7, 11) is 0. The van der Waals surface area contributed by atoms with Gasteiger partial charge in [0.1, 0.15) is 35.2 Å². The second-order valence-electron chi connectivity index (χ2n) is 10.1. The fraction of sp³-hybridized carbons (Fsp3) is 0.308. The number of anilines is 2. The number of nitrogens with two attached hydrogens (primary N) is 2. The highest BCUT2D eigenvalue weighted by atomic mass is 32.2. The first kappa shape index (κ1) is 33.7. The smallest absolute Gasteiger partial charge is 0.352 e. The van der Waals surface area contributed by atoms with Gasteiger partial charge in [-0.05, 0) is 32.0 Å². The van der Waals surface area contributed by atoms with Crippen molar-refractivity contribution in [3.05, 3.63) is 46.1 Å². The van der Waals surface area contributed by atoms with E-state index in [2.05, 4.69) is 20.8 Å². The number of nitrogen functional groups attached to an aromatic ring is 1. The van der Waals surface area contributed by atoms with Crippen LogP contribution in [0.2, 0.25) is 0 Å². The minimum Gasteiger partial charge on any atom is -0.506 e. The molecular formula is C26H27N7O11S2. The van der Waals surface area contributed by atoms with Crippen molar-refractivity contribution in [2.75, 3.05) is 30.0 Å². The number of thioether (sulfide) groups is 1. The Bertz CT molecular complexity index is 1690. The van der Waals surface area contributed by atoms with Crippen molar-refractivity contribution in [2.24, 2.45) is 10.9 Å². The maximum atomic E-state index is 13.2. The Kier molecular flexibility index (Phi) is 9.83. The van der Waals surface area contributed by atoms with Gasteiger partial charge in [0.25, 0.3) is 11.8 Å². The minimum absolute atomic E-state index is 0.00448. The zero-order valence-corrected chi connectivity index (χ0v) is 25.6. The summed E-state index contributed by atoms with van der Waals surface area (Å²) in [6.07, 6.45) is 0. The summed E-state index contributed by atoms with van der Waals surface area (Å²) >= 11 is 2.07. The number of carboxylic acids is 2. The van der Waals surface area contributed by atoms with E-state index >= 15 is 0 Å². The Balaban J connectivity index is 1.47. The average molecular weight is 678 g/mol. The highest BCUT2D eigenvalue weighted by Crippen LogP contribution is 2.40. The first-order valence-corrected chi connectivity index (χ1v) is 15.0. The van der Waals surface area contributed by atoms with E-state index in [0.29, 0.717) is 0 Å². The number of phenols is 1. The van der Waals surface area contributed by atoms with Gasteiger partial charge in [0, 0.05) is 16.7 Å². The normalized spacial score (nSPS) is 17.8. The highest BCUT2D eigenvalue weighted by molar-refractivity contribution is 8.00. The molecule has 2 unspecified atom stereocenters. The number of benzene rings is 1. The fourth-order valence-corrected chi connectivity index (χ4v) is 5.88. The number of esters is 1. The lowest BCUT2D eigenvalue weighted by Gasteiger charge is -2.49. The van der Waals surface area contributed by atoms with Gasteiger partial charge in [0.2, 0.25) is 11.5 Å². The Morgan fingerprint density at radius 2 is 1.93 bits per heavy atom. The van der Waals surface area contributed by atoms with Crippen LogP contribution in [-0.4, -0.2) is 102 Å². The number of nitrogens with zero attached hydrogens (tertiary/aromatic N) is 3. The number of rotatable bonds is 12. The molecule has 2 aliphatic rings. The number of aromatic nitrogens is 1. The molecule has 0 radical (unpaired) electrons. The van der Waals surface area contributed by atoms with Crippen LogP contribution < -0.4 is 22.1 Å². The molecule has 3 amide bonds. The summed E-state index contributed by atoms with van der Waals surface area (Å²) in [5, 5.41) is 38.4. The molecule has 3 heterocycles. The molecule has 0 aliphatic carbocycles. The Hall–Kier alpha value is -5.21. The molecule has 1 fully saturated rings. The van der Waals surface area contributed by atoms with Gasteiger partial charge in [-0.25, -0.2) is 19.4 Å². The van der Waals surface area contributed by atoms with Crippen LogP contribution in [0.3, 0.4) is 0 Å². The molecule has 20 heteroatoms. The number of aromatic hydroxyl groups is 1. The Morgan fingerprint density at radius 1 is 1.22 bits per heavy atom. The van der Waals surface area contributed by atoms with Crippen molar-refractivity contribution in [2.45, 2.75) is 30.9 Å². The quantitative estimate of drug-likeness (QED) is 0.0490. The van der Waals surface area contributed by atoms with E-state index in [9.17, 15) is 44.1 Å². The van der Waals surface area contributed by atoms with E-state index in [4.69, 9.17) is 21.0 Å². The summed E-state index contributed by atoms with van der Waals surface area (Å²) in [6.45, 7) is 1.58. The van der Waals surface area contributed by atoms with E-state index in [-0.39, 0.29) is 39.9 Å². The number of amides is 3. The van der Waals surface area contributed by atoms with E-state index in [1.807, 2.05) is 0 Å². The number of fused-ring (bicyclic) bond motifs is 1. The number of oxime groups is 1. The van der Waals surface area contributed by atoms with Gasteiger partial charge < -0.3 is 47.0 Å². The predicted octanol–water partition coefficient (Wildman–Crippen LogP) is -0.492. The molecule has 9 N–H and O–H groups in total. The third kappa shape index (κ3) is 7.03. The molecule has 1 saturated heterocycles. The van der Waals surface area contributed by atoms with Crippen molar-refractivity contribution in [3.63, 3.8) is 0 Å². The largest absolute Gasteiger partial charge is 0.506 e. The second kappa shape index (κ2) is 13.4. The monoisotopic (exact) mass is 677 g/mol. The fourth-order valence-electron chi connectivity index (χ4n) is 4.01. The van der Waals surface area contributed by atoms with Crippen molar-refractivity contribution in [1.29, 1.82) is 0 Å². The second-order valence-corrected chi connectivity index (χ2v) is 12.1. The zero-order chi connectivity index (χ0) is 33.9. The molecule has 0 bridgehead atoms. The van der Waals surface area contributed by atoms with Crippen molar-refractivity contribution in [3.8, 4) is 5.75 Å². The van der Waals surface area contributed by atoms with E-state index in [1.54, 1.807) is 0 Å². The van der Waals surface area contributed by atoms with Gasteiger partial charge in [0.05, 0.1) is 17.8 Å². The number of ether oxygens (including phenoxy) is 1. The van der Waals surface area contributed by atoms with Crippen LogP contribution >= 0.6 is 23.1 Å². The molecule has 0 spiro atoms. The van der Waals surface area contributed by atoms with Gasteiger partial charge in [0.15, 0.2) is 10.8 Å². The lowest BCUT2D eigenvalue weighted by atomic mass is 10.0. The molecule has 1 aromatic heterocycles. The number of aliphatic carboxylic acids is 2. The van der Waals surface area contributed by atoms with Gasteiger partial charge in [-0.1, -0.05) is 5.16 Å². The molecule has 2 atom stereocenters. The van der Waals surface area contributed by atoms with Gasteiger partial charge in [-0.3, -0.25) is 19.3 Å². The molecule has 0 saturated carbocycles. The van der Waals surface area contributed by atoms with Crippen molar-refractivity contribution < 1.29 is 53.7 Å². The van der Waals surface area contributed by atoms with E-state index < -0.39 is 76.4 Å². The number of hydrogen-bond acceptors (Lipinski definition) is 15. The molecule has 2 aromatic rings. The number of carboxylic acid groups (broad SMARTS) is 2. The highest BCUT2D eigenvalue weighted by Gasteiger charge is 2.54. The number of β-lactam (4-membered cyclic amide) rings is 1. The third-order valence-corrected chi connectivity index (χ3v) is 8.48. The summed E-state index contributed by atoms with van der Waals surface area (Å²) in [5.74, 6) is -6.49.